The maximum Gasteiger partial charge on any atom is 0.387 e. The highest BCUT2D eigenvalue weighted by molar-refractivity contribution is 6.07. The third-order valence-electron chi connectivity index (χ3n) is 3.21. The lowest BCUT2D eigenvalue weighted by molar-refractivity contribution is -0.0512. The number of benzene rings is 2. The van der Waals surface area contributed by atoms with Crippen molar-refractivity contribution in [3.05, 3.63) is 59.7 Å². The quantitative estimate of drug-likeness (QED) is 0.562. The third-order valence-corrected chi connectivity index (χ3v) is 3.21. The molecular formula is C18H16F2O4. The topological polar surface area (TPSA) is 44.8 Å². The van der Waals surface area contributed by atoms with Crippen molar-refractivity contribution in [2.24, 2.45) is 0 Å². The molecule has 0 aliphatic carbocycles. The van der Waals surface area contributed by atoms with Crippen LogP contribution in [-0.2, 0) is 0 Å². The number of methoxy groups -OCH3 is 2. The van der Waals surface area contributed by atoms with Gasteiger partial charge in [-0.2, -0.15) is 8.78 Å². The Morgan fingerprint density at radius 1 is 1.00 bits per heavy atom. The molecule has 24 heavy (non-hydrogen) atoms. The molecule has 0 aliphatic heterocycles. The van der Waals surface area contributed by atoms with E-state index in [2.05, 4.69) is 4.74 Å². The van der Waals surface area contributed by atoms with Crippen LogP contribution in [0.25, 0.3) is 6.08 Å². The number of halogens is 2. The van der Waals surface area contributed by atoms with E-state index in [1.165, 1.54) is 31.4 Å². The molecule has 0 radical (unpaired) electrons. The van der Waals surface area contributed by atoms with Crippen LogP contribution in [0, 0.1) is 0 Å². The molecule has 0 heterocycles. The molecule has 4 nitrogen and oxygen atoms in total. The van der Waals surface area contributed by atoms with Crippen molar-refractivity contribution in [2.45, 2.75) is 6.61 Å². The zero-order valence-electron chi connectivity index (χ0n) is 13.2. The van der Waals surface area contributed by atoms with E-state index >= 15 is 0 Å². The summed E-state index contributed by atoms with van der Waals surface area (Å²) in [5.74, 6) is 0.382. The van der Waals surface area contributed by atoms with Gasteiger partial charge in [-0.3, -0.25) is 4.79 Å². The van der Waals surface area contributed by atoms with Crippen LogP contribution in [0.2, 0.25) is 0 Å². The minimum atomic E-state index is -2.96. The van der Waals surface area contributed by atoms with Crippen molar-refractivity contribution in [3.63, 3.8) is 0 Å². The van der Waals surface area contributed by atoms with Crippen molar-refractivity contribution < 1.29 is 27.8 Å². The molecule has 0 amide bonds. The molecular weight excluding hydrogens is 318 g/mol. The highest BCUT2D eigenvalue weighted by Gasteiger charge is 2.13. The second-order valence-electron chi connectivity index (χ2n) is 4.71. The van der Waals surface area contributed by atoms with Gasteiger partial charge < -0.3 is 14.2 Å². The minimum Gasteiger partial charge on any atom is -0.497 e. The van der Waals surface area contributed by atoms with Gasteiger partial charge in [0, 0.05) is 5.56 Å². The monoisotopic (exact) mass is 334 g/mol. The van der Waals surface area contributed by atoms with Crippen LogP contribution in [0.5, 0.6) is 17.2 Å². The lowest BCUT2D eigenvalue weighted by Crippen LogP contribution is -2.04. The van der Waals surface area contributed by atoms with Gasteiger partial charge in [-0.05, 0) is 42.0 Å². The highest BCUT2D eigenvalue weighted by Crippen LogP contribution is 2.29. The Hall–Kier alpha value is -2.89. The molecule has 6 heteroatoms. The van der Waals surface area contributed by atoms with E-state index in [1.807, 2.05) is 12.1 Å². The Morgan fingerprint density at radius 3 is 2.29 bits per heavy atom. The first-order chi connectivity index (χ1) is 11.5. The zero-order chi connectivity index (χ0) is 17.5. The van der Waals surface area contributed by atoms with Gasteiger partial charge in [0.25, 0.3) is 0 Å². The summed E-state index contributed by atoms with van der Waals surface area (Å²) in [6.45, 7) is -2.96. The fraction of sp³-hybridized carbons (Fsp3) is 0.167. The fourth-order valence-corrected chi connectivity index (χ4v) is 2.00. The van der Waals surface area contributed by atoms with Crippen molar-refractivity contribution >= 4 is 11.9 Å². The van der Waals surface area contributed by atoms with Crippen LogP contribution < -0.4 is 14.2 Å². The maximum absolute atomic E-state index is 12.3. The molecule has 0 aromatic heterocycles. The Kier molecular flexibility index (Phi) is 5.89. The van der Waals surface area contributed by atoms with Crippen molar-refractivity contribution in [3.8, 4) is 17.2 Å². The lowest BCUT2D eigenvalue weighted by Gasteiger charge is -2.10. The molecule has 0 N–H and O–H groups in total. The lowest BCUT2D eigenvalue weighted by atomic mass is 10.1. The summed E-state index contributed by atoms with van der Waals surface area (Å²) < 4.78 is 38.9. The van der Waals surface area contributed by atoms with E-state index in [0.29, 0.717) is 5.56 Å². The van der Waals surface area contributed by atoms with E-state index < -0.39 is 6.61 Å². The first kappa shape index (κ1) is 17.5. The van der Waals surface area contributed by atoms with E-state index in [1.54, 1.807) is 25.3 Å². The molecule has 0 bridgehead atoms. The summed E-state index contributed by atoms with van der Waals surface area (Å²) in [6.07, 6.45) is 3.04. The SMILES string of the molecule is COc1ccc(/C=C/C(=O)c2ccc(OC(F)F)c(OC)c2)cc1. The number of carbonyl (C=O) groups is 1. The van der Waals surface area contributed by atoms with Gasteiger partial charge in [0.15, 0.2) is 17.3 Å². The summed E-state index contributed by atoms with van der Waals surface area (Å²) in [4.78, 5) is 12.2. The van der Waals surface area contributed by atoms with Crippen LogP contribution in [0.1, 0.15) is 15.9 Å². The van der Waals surface area contributed by atoms with Gasteiger partial charge in [0.05, 0.1) is 14.2 Å². The Bertz CT molecular complexity index is 724. The van der Waals surface area contributed by atoms with E-state index in [-0.39, 0.29) is 17.3 Å². The highest BCUT2D eigenvalue weighted by atomic mass is 19.3. The van der Waals surface area contributed by atoms with E-state index in [9.17, 15) is 13.6 Å². The normalized spacial score (nSPS) is 10.9. The minimum absolute atomic E-state index is 0.0685. The van der Waals surface area contributed by atoms with Gasteiger partial charge in [0.2, 0.25) is 0 Å². The van der Waals surface area contributed by atoms with Gasteiger partial charge in [-0.15, -0.1) is 0 Å². The average molecular weight is 334 g/mol. The number of allylic oxidation sites excluding steroid dienone is 1. The van der Waals surface area contributed by atoms with Crippen LogP contribution >= 0.6 is 0 Å². The predicted molar refractivity (Wildman–Crippen MR) is 86.0 cm³/mol. The van der Waals surface area contributed by atoms with Crippen LogP contribution in [-0.4, -0.2) is 26.6 Å². The average Bonchev–Trinajstić information content (AvgIpc) is 2.60. The number of alkyl halides is 2. The molecule has 0 saturated heterocycles. The maximum atomic E-state index is 12.3. The van der Waals surface area contributed by atoms with Gasteiger partial charge in [-0.25, -0.2) is 0 Å². The molecule has 0 saturated carbocycles. The first-order valence-electron chi connectivity index (χ1n) is 7.03. The van der Waals surface area contributed by atoms with Crippen LogP contribution in [0.15, 0.2) is 48.5 Å². The number of carbonyl (C=O) groups excluding carboxylic acids is 1. The summed E-state index contributed by atoms with van der Waals surface area (Å²) in [5.41, 5.74) is 1.13. The molecule has 0 aliphatic rings. The summed E-state index contributed by atoms with van der Waals surface area (Å²) in [5, 5.41) is 0. The first-order valence-corrected chi connectivity index (χ1v) is 7.03. The van der Waals surface area contributed by atoms with Crippen molar-refractivity contribution in [1.82, 2.24) is 0 Å². The molecule has 0 spiro atoms. The summed E-state index contributed by atoms with van der Waals surface area (Å²) in [7, 11) is 2.89. The smallest absolute Gasteiger partial charge is 0.387 e. The van der Waals surface area contributed by atoms with E-state index in [4.69, 9.17) is 9.47 Å². The molecule has 0 unspecified atom stereocenters. The number of ether oxygens (including phenoxy) is 3. The molecule has 2 aromatic rings. The molecule has 2 rings (SSSR count). The Balaban J connectivity index is 2.15. The second-order valence-corrected chi connectivity index (χ2v) is 4.71. The third kappa shape index (κ3) is 4.55. The largest absolute Gasteiger partial charge is 0.497 e. The number of hydrogen-bond acceptors (Lipinski definition) is 4. The van der Waals surface area contributed by atoms with Crippen LogP contribution in [0.3, 0.4) is 0 Å². The Labute approximate surface area is 138 Å². The summed E-state index contributed by atoms with van der Waals surface area (Å²) in [6, 6.07) is 11.2. The molecule has 0 atom stereocenters. The number of hydrogen-bond donors (Lipinski definition) is 0. The van der Waals surface area contributed by atoms with E-state index in [0.717, 1.165) is 11.3 Å². The van der Waals surface area contributed by atoms with Gasteiger partial charge in [-0.1, -0.05) is 18.2 Å². The van der Waals surface area contributed by atoms with Crippen LogP contribution in [0.4, 0.5) is 8.78 Å². The molecule has 2 aromatic carbocycles. The number of rotatable bonds is 7. The summed E-state index contributed by atoms with van der Waals surface area (Å²) >= 11 is 0. The second kappa shape index (κ2) is 8.10. The Morgan fingerprint density at radius 2 is 1.71 bits per heavy atom. The van der Waals surface area contributed by atoms with Gasteiger partial charge >= 0.3 is 6.61 Å². The molecule has 126 valence electrons. The van der Waals surface area contributed by atoms with Crippen molar-refractivity contribution in [1.29, 1.82) is 0 Å². The molecule has 0 fully saturated rings. The number of ketones is 1. The van der Waals surface area contributed by atoms with Gasteiger partial charge in [0.1, 0.15) is 5.75 Å². The van der Waals surface area contributed by atoms with Crippen molar-refractivity contribution in [2.75, 3.05) is 14.2 Å². The zero-order valence-corrected chi connectivity index (χ0v) is 13.2. The fourth-order valence-electron chi connectivity index (χ4n) is 2.00. The standard InChI is InChI=1S/C18H16F2O4/c1-22-14-7-3-12(4-8-14)5-9-15(21)13-6-10-16(24-18(19)20)17(11-13)23-2/h3-11,18H,1-2H3/b9-5+. The predicted octanol–water partition coefficient (Wildman–Crippen LogP) is 4.20.